The molecule has 5 rings (SSSR count). The molecule has 3 heterocycles. The zero-order valence-corrected chi connectivity index (χ0v) is 19.2. The van der Waals surface area contributed by atoms with Crippen LogP contribution in [0.4, 0.5) is 4.39 Å². The molecule has 1 amide bonds. The van der Waals surface area contributed by atoms with Gasteiger partial charge in [-0.05, 0) is 64.7 Å². The summed E-state index contributed by atoms with van der Waals surface area (Å²) in [6.07, 6.45) is 2.31. The standard InChI is InChI=1S/C25H27FN4O3/c1-14-19(25(3,4)32)9-10-21(27-14)33-17-7-8-18(20(26)11-17)22-15(2)28-23-24(31)29(13-30(22)23)12-16-5-6-16/h7-11,16,32H,5-6,12-13H2,1-4H3. The number of aryl methyl sites for hydroxylation is 2. The number of aliphatic hydroxyl groups is 1. The fourth-order valence-electron chi connectivity index (χ4n) is 4.46. The Labute approximate surface area is 191 Å². The van der Waals surface area contributed by atoms with Crippen molar-refractivity contribution in [3.63, 3.8) is 0 Å². The van der Waals surface area contributed by atoms with Crippen LogP contribution in [0.1, 0.15) is 54.3 Å². The summed E-state index contributed by atoms with van der Waals surface area (Å²) in [5, 5.41) is 10.2. The molecule has 7 nitrogen and oxygen atoms in total. The molecule has 0 spiro atoms. The van der Waals surface area contributed by atoms with E-state index in [9.17, 15) is 9.90 Å². The van der Waals surface area contributed by atoms with Crippen LogP contribution in [-0.2, 0) is 12.3 Å². The number of amides is 1. The fourth-order valence-corrected chi connectivity index (χ4v) is 4.46. The molecular weight excluding hydrogens is 423 g/mol. The van der Waals surface area contributed by atoms with Gasteiger partial charge in [-0.2, -0.15) is 0 Å². The molecule has 3 aromatic rings. The molecule has 2 aliphatic rings. The SMILES string of the molecule is Cc1nc(Oc2ccc(-c3c(C)nc4n3CN(CC3CC3)C4=O)c(F)c2)ccc1C(C)(C)O. The topological polar surface area (TPSA) is 80.5 Å². The molecule has 1 aliphatic carbocycles. The first-order valence-corrected chi connectivity index (χ1v) is 11.2. The Morgan fingerprint density at radius 1 is 1.15 bits per heavy atom. The van der Waals surface area contributed by atoms with Gasteiger partial charge in [0.25, 0.3) is 5.91 Å². The first-order valence-electron chi connectivity index (χ1n) is 11.2. The summed E-state index contributed by atoms with van der Waals surface area (Å²) in [6, 6.07) is 8.05. The molecule has 1 N–H and O–H groups in total. The van der Waals surface area contributed by atoms with E-state index in [-0.39, 0.29) is 5.91 Å². The van der Waals surface area contributed by atoms with Gasteiger partial charge in [0, 0.05) is 35.5 Å². The number of carbonyl (C=O) groups excluding carboxylic acids is 1. The molecule has 0 saturated heterocycles. The summed E-state index contributed by atoms with van der Waals surface area (Å²) in [5.41, 5.74) is 1.94. The molecule has 1 aliphatic heterocycles. The highest BCUT2D eigenvalue weighted by atomic mass is 19.1. The van der Waals surface area contributed by atoms with E-state index in [0.29, 0.717) is 58.2 Å². The Morgan fingerprint density at radius 2 is 1.91 bits per heavy atom. The monoisotopic (exact) mass is 450 g/mol. The number of ether oxygens (including phenoxy) is 1. The van der Waals surface area contributed by atoms with E-state index in [1.165, 1.54) is 6.07 Å². The van der Waals surface area contributed by atoms with Gasteiger partial charge in [-0.25, -0.2) is 14.4 Å². The van der Waals surface area contributed by atoms with Crippen molar-refractivity contribution in [2.75, 3.05) is 6.54 Å². The number of rotatable bonds is 6. The largest absolute Gasteiger partial charge is 0.439 e. The van der Waals surface area contributed by atoms with Crippen LogP contribution in [-0.4, -0.2) is 37.0 Å². The second-order valence-corrected chi connectivity index (χ2v) is 9.50. The minimum Gasteiger partial charge on any atom is -0.439 e. The van der Waals surface area contributed by atoms with E-state index < -0.39 is 11.4 Å². The second-order valence-electron chi connectivity index (χ2n) is 9.50. The van der Waals surface area contributed by atoms with E-state index in [4.69, 9.17) is 4.74 Å². The number of fused-ring (bicyclic) bond motifs is 1. The maximum absolute atomic E-state index is 15.2. The average molecular weight is 451 g/mol. The fraction of sp³-hybridized carbons (Fsp3) is 0.400. The summed E-state index contributed by atoms with van der Waals surface area (Å²) in [7, 11) is 0. The maximum Gasteiger partial charge on any atom is 0.291 e. The first kappa shape index (κ1) is 21.6. The second kappa shape index (κ2) is 7.66. The van der Waals surface area contributed by atoms with Crippen LogP contribution in [0.15, 0.2) is 30.3 Å². The molecule has 33 heavy (non-hydrogen) atoms. The molecule has 8 heteroatoms. The van der Waals surface area contributed by atoms with E-state index in [2.05, 4.69) is 9.97 Å². The van der Waals surface area contributed by atoms with Crippen molar-refractivity contribution in [3.05, 3.63) is 58.9 Å². The van der Waals surface area contributed by atoms with Crippen molar-refractivity contribution in [2.24, 2.45) is 5.92 Å². The van der Waals surface area contributed by atoms with Gasteiger partial charge in [0.1, 0.15) is 11.6 Å². The smallest absolute Gasteiger partial charge is 0.291 e. The van der Waals surface area contributed by atoms with E-state index in [1.807, 2.05) is 0 Å². The lowest BCUT2D eigenvalue weighted by molar-refractivity contribution is 0.0755. The lowest BCUT2D eigenvalue weighted by Gasteiger charge is -2.20. The van der Waals surface area contributed by atoms with Crippen LogP contribution in [0.25, 0.3) is 11.3 Å². The van der Waals surface area contributed by atoms with Crippen molar-refractivity contribution in [3.8, 4) is 22.9 Å². The van der Waals surface area contributed by atoms with Gasteiger partial charge in [0.15, 0.2) is 0 Å². The Morgan fingerprint density at radius 3 is 2.55 bits per heavy atom. The number of imidazole rings is 1. The molecule has 2 aromatic heterocycles. The Bertz CT molecular complexity index is 1260. The van der Waals surface area contributed by atoms with Crippen molar-refractivity contribution in [1.82, 2.24) is 19.4 Å². The predicted molar refractivity (Wildman–Crippen MR) is 120 cm³/mol. The zero-order chi connectivity index (χ0) is 23.5. The number of benzene rings is 1. The van der Waals surface area contributed by atoms with Crippen molar-refractivity contribution in [2.45, 2.75) is 52.8 Å². The molecule has 172 valence electrons. The van der Waals surface area contributed by atoms with Gasteiger partial charge in [-0.15, -0.1) is 0 Å². The van der Waals surface area contributed by atoms with Crippen LogP contribution in [0.5, 0.6) is 11.6 Å². The molecule has 1 aromatic carbocycles. The van der Waals surface area contributed by atoms with Crippen LogP contribution < -0.4 is 4.74 Å². The highest BCUT2D eigenvalue weighted by Gasteiger charge is 2.36. The number of hydrogen-bond donors (Lipinski definition) is 1. The van der Waals surface area contributed by atoms with Crippen LogP contribution in [0, 0.1) is 25.6 Å². The van der Waals surface area contributed by atoms with Crippen LogP contribution in [0.3, 0.4) is 0 Å². The summed E-state index contributed by atoms with van der Waals surface area (Å²) in [6.45, 7) is 8.10. The van der Waals surface area contributed by atoms with Gasteiger partial charge in [-0.3, -0.25) is 4.79 Å². The van der Waals surface area contributed by atoms with E-state index in [0.717, 1.165) is 19.4 Å². The molecular formula is C25H27FN4O3. The third kappa shape index (κ3) is 3.99. The van der Waals surface area contributed by atoms with Crippen LogP contribution in [0.2, 0.25) is 0 Å². The third-order valence-corrected chi connectivity index (χ3v) is 6.25. The number of carbonyl (C=O) groups is 1. The number of hydrogen-bond acceptors (Lipinski definition) is 5. The van der Waals surface area contributed by atoms with Gasteiger partial charge in [-0.1, -0.05) is 0 Å². The van der Waals surface area contributed by atoms with Gasteiger partial charge in [0.05, 0.1) is 23.7 Å². The minimum absolute atomic E-state index is 0.0902. The minimum atomic E-state index is -1.01. The van der Waals surface area contributed by atoms with Crippen LogP contribution >= 0.6 is 0 Å². The molecule has 0 atom stereocenters. The summed E-state index contributed by atoms with van der Waals surface area (Å²) in [5.74, 6) is 1.02. The van der Waals surface area contributed by atoms with Gasteiger partial charge < -0.3 is 19.3 Å². The number of aromatic nitrogens is 3. The average Bonchev–Trinajstić information content (AvgIpc) is 3.42. The molecule has 1 fully saturated rings. The first-order chi connectivity index (χ1) is 15.6. The van der Waals surface area contributed by atoms with Crippen molar-refractivity contribution < 1.29 is 19.0 Å². The maximum atomic E-state index is 15.2. The van der Waals surface area contributed by atoms with Crippen molar-refractivity contribution in [1.29, 1.82) is 0 Å². The van der Waals surface area contributed by atoms with E-state index >= 15 is 4.39 Å². The third-order valence-electron chi connectivity index (χ3n) is 6.25. The summed E-state index contributed by atoms with van der Waals surface area (Å²) >= 11 is 0. The molecule has 0 bridgehead atoms. The van der Waals surface area contributed by atoms with E-state index in [1.54, 1.807) is 61.4 Å². The number of nitrogens with zero attached hydrogens (tertiary/aromatic N) is 4. The highest BCUT2D eigenvalue weighted by molar-refractivity contribution is 5.94. The lowest BCUT2D eigenvalue weighted by atomic mass is 9.97. The Kier molecular flexibility index (Phi) is 5.01. The Balaban J connectivity index is 1.40. The number of halogens is 1. The highest BCUT2D eigenvalue weighted by Crippen LogP contribution is 2.36. The normalized spacial score (nSPS) is 15.8. The Hall–Kier alpha value is -3.26. The molecule has 1 saturated carbocycles. The summed E-state index contributed by atoms with van der Waals surface area (Å²) in [4.78, 5) is 23.3. The molecule has 0 radical (unpaired) electrons. The number of pyridine rings is 1. The predicted octanol–water partition coefficient (Wildman–Crippen LogP) is 4.54. The zero-order valence-electron chi connectivity index (χ0n) is 19.2. The van der Waals surface area contributed by atoms with Gasteiger partial charge >= 0.3 is 0 Å². The lowest BCUT2D eigenvalue weighted by Crippen LogP contribution is -2.27. The van der Waals surface area contributed by atoms with Gasteiger partial charge in [0.2, 0.25) is 11.7 Å². The summed E-state index contributed by atoms with van der Waals surface area (Å²) < 4.78 is 22.8. The quantitative estimate of drug-likeness (QED) is 0.596. The van der Waals surface area contributed by atoms with Crippen molar-refractivity contribution >= 4 is 5.91 Å². The molecule has 0 unspecified atom stereocenters.